The third kappa shape index (κ3) is 5.30. The van der Waals surface area contributed by atoms with Crippen LogP contribution in [0.5, 0.6) is 0 Å². The van der Waals surface area contributed by atoms with Crippen LogP contribution < -0.4 is 0 Å². The minimum Gasteiger partial charge on any atom is -0.394 e. The maximum absolute atomic E-state index is 9.98. The summed E-state index contributed by atoms with van der Waals surface area (Å²) in [7, 11) is 0. The molecule has 2 heterocycles. The standard InChI is InChI=1S/C15H28O10/c1-2-13(24-14-9(20)3-7(18)11(5-16)22-14)25-15-10(21)4-8(19)12(6-17)23-15/h7-21H,2-6H2,1H3/t7-,8-,9+,10+,11+,12+,13?,14?,15?/m0/s1. The van der Waals surface area contributed by atoms with Gasteiger partial charge in [-0.15, -0.1) is 0 Å². The molecule has 6 N–H and O–H groups in total. The lowest BCUT2D eigenvalue weighted by Crippen LogP contribution is -2.53. The summed E-state index contributed by atoms with van der Waals surface area (Å²) in [5.74, 6) is 0. The van der Waals surface area contributed by atoms with Gasteiger partial charge in [0, 0.05) is 12.8 Å². The third-order valence-electron chi connectivity index (χ3n) is 4.34. The zero-order valence-corrected chi connectivity index (χ0v) is 14.0. The van der Waals surface area contributed by atoms with Gasteiger partial charge in [-0.05, 0) is 6.42 Å². The van der Waals surface area contributed by atoms with Gasteiger partial charge < -0.3 is 49.6 Å². The molecule has 0 saturated carbocycles. The molecule has 25 heavy (non-hydrogen) atoms. The first-order valence-electron chi connectivity index (χ1n) is 8.45. The lowest BCUT2D eigenvalue weighted by atomic mass is 10.0. The number of hydrogen-bond donors (Lipinski definition) is 6. The van der Waals surface area contributed by atoms with Crippen molar-refractivity contribution in [1.29, 1.82) is 0 Å². The van der Waals surface area contributed by atoms with Crippen molar-refractivity contribution >= 4 is 0 Å². The van der Waals surface area contributed by atoms with E-state index in [2.05, 4.69) is 0 Å². The van der Waals surface area contributed by atoms with Crippen LogP contribution in [0.2, 0.25) is 0 Å². The van der Waals surface area contributed by atoms with Gasteiger partial charge >= 0.3 is 0 Å². The van der Waals surface area contributed by atoms with E-state index in [9.17, 15) is 30.6 Å². The first-order valence-corrected chi connectivity index (χ1v) is 8.45. The van der Waals surface area contributed by atoms with Gasteiger partial charge in [0.05, 0.1) is 25.4 Å². The van der Waals surface area contributed by atoms with E-state index in [4.69, 9.17) is 18.9 Å². The van der Waals surface area contributed by atoms with Crippen molar-refractivity contribution in [2.75, 3.05) is 13.2 Å². The second-order valence-electron chi connectivity index (χ2n) is 6.30. The Hall–Kier alpha value is -0.400. The smallest absolute Gasteiger partial charge is 0.187 e. The monoisotopic (exact) mass is 368 g/mol. The topological polar surface area (TPSA) is 158 Å². The molecule has 10 nitrogen and oxygen atoms in total. The predicted molar refractivity (Wildman–Crippen MR) is 81.0 cm³/mol. The minimum atomic E-state index is -1.12. The zero-order chi connectivity index (χ0) is 18.6. The van der Waals surface area contributed by atoms with Crippen molar-refractivity contribution in [3.63, 3.8) is 0 Å². The molecule has 2 unspecified atom stereocenters. The molecular weight excluding hydrogens is 340 g/mol. The quantitative estimate of drug-likeness (QED) is 0.263. The number of hydrogen-bond acceptors (Lipinski definition) is 10. The van der Waals surface area contributed by atoms with Gasteiger partial charge in [-0.25, -0.2) is 0 Å². The van der Waals surface area contributed by atoms with Gasteiger partial charge in [-0.3, -0.25) is 0 Å². The van der Waals surface area contributed by atoms with Crippen LogP contribution in [-0.2, 0) is 18.9 Å². The SMILES string of the molecule is CCC(OC1O[C@H](CO)[C@@H](O)C[C@H]1O)OC1O[C@H](CO)[C@@H](O)C[C@H]1O. The number of aliphatic hydroxyl groups excluding tert-OH is 6. The first-order chi connectivity index (χ1) is 11.9. The van der Waals surface area contributed by atoms with E-state index in [1.165, 1.54) is 0 Å². The Morgan fingerprint density at radius 2 is 1.20 bits per heavy atom. The van der Waals surface area contributed by atoms with E-state index in [-0.39, 0.29) is 12.8 Å². The van der Waals surface area contributed by atoms with Crippen LogP contribution in [0, 0.1) is 0 Å². The predicted octanol–water partition coefficient (Wildman–Crippen LogP) is -2.59. The highest BCUT2D eigenvalue weighted by Crippen LogP contribution is 2.26. The highest BCUT2D eigenvalue weighted by atomic mass is 16.8. The van der Waals surface area contributed by atoms with E-state index in [1.54, 1.807) is 6.92 Å². The fourth-order valence-corrected chi connectivity index (χ4v) is 2.83. The normalized spacial score (nSPS) is 43.8. The molecule has 2 aliphatic heterocycles. The second kappa shape index (κ2) is 9.51. The first kappa shape index (κ1) is 20.9. The Balaban J connectivity index is 1.93. The van der Waals surface area contributed by atoms with Crippen molar-refractivity contribution < 1.29 is 49.6 Å². The van der Waals surface area contributed by atoms with Gasteiger partial charge in [-0.2, -0.15) is 0 Å². The average Bonchev–Trinajstić information content (AvgIpc) is 2.58. The summed E-state index contributed by atoms with van der Waals surface area (Å²) in [5, 5.41) is 57.7. The van der Waals surface area contributed by atoms with Crippen molar-refractivity contribution in [2.45, 2.75) is 81.7 Å². The van der Waals surface area contributed by atoms with Crippen LogP contribution in [-0.4, -0.2) is 99.3 Å². The Morgan fingerprint density at radius 1 is 0.800 bits per heavy atom. The maximum Gasteiger partial charge on any atom is 0.187 e. The number of rotatable bonds is 7. The Morgan fingerprint density at radius 3 is 1.52 bits per heavy atom. The van der Waals surface area contributed by atoms with E-state index in [1.807, 2.05) is 0 Å². The summed E-state index contributed by atoms with van der Waals surface area (Å²) in [6.45, 7) is 0.893. The Kier molecular flexibility index (Phi) is 7.95. The molecule has 10 heteroatoms. The summed E-state index contributed by atoms with van der Waals surface area (Å²) in [6.07, 6.45) is -8.85. The van der Waals surface area contributed by atoms with E-state index in [0.717, 1.165) is 0 Å². The molecule has 148 valence electrons. The second-order valence-corrected chi connectivity index (χ2v) is 6.30. The highest BCUT2D eigenvalue weighted by Gasteiger charge is 2.41. The van der Waals surface area contributed by atoms with Gasteiger partial charge in [0.15, 0.2) is 18.9 Å². The molecule has 0 radical (unpaired) electrons. The molecular formula is C15H28O10. The fourth-order valence-electron chi connectivity index (χ4n) is 2.83. The molecule has 0 spiro atoms. The average molecular weight is 368 g/mol. The van der Waals surface area contributed by atoms with E-state index < -0.39 is 68.7 Å². The Labute approximate surface area is 145 Å². The lowest BCUT2D eigenvalue weighted by molar-refractivity contribution is -0.361. The van der Waals surface area contributed by atoms with Crippen LogP contribution in [0.3, 0.4) is 0 Å². The summed E-state index contributed by atoms with van der Waals surface area (Å²) < 4.78 is 21.8. The van der Waals surface area contributed by atoms with E-state index in [0.29, 0.717) is 6.42 Å². The van der Waals surface area contributed by atoms with Crippen molar-refractivity contribution in [3.8, 4) is 0 Å². The van der Waals surface area contributed by atoms with Crippen LogP contribution in [0.25, 0.3) is 0 Å². The molecule has 0 aromatic heterocycles. The van der Waals surface area contributed by atoms with Crippen molar-refractivity contribution in [2.24, 2.45) is 0 Å². The molecule has 0 aromatic carbocycles. The molecule has 8 atom stereocenters. The van der Waals surface area contributed by atoms with Gasteiger partial charge in [0.25, 0.3) is 0 Å². The maximum atomic E-state index is 9.98. The lowest BCUT2D eigenvalue weighted by Gasteiger charge is -2.40. The summed E-state index contributed by atoms with van der Waals surface area (Å²) >= 11 is 0. The van der Waals surface area contributed by atoms with Crippen LogP contribution >= 0.6 is 0 Å². The minimum absolute atomic E-state index is 0.0202. The fraction of sp³-hybridized carbons (Fsp3) is 1.00. The van der Waals surface area contributed by atoms with Gasteiger partial charge in [-0.1, -0.05) is 6.92 Å². The van der Waals surface area contributed by atoms with Gasteiger partial charge in [0.1, 0.15) is 24.4 Å². The summed E-state index contributed by atoms with van der Waals surface area (Å²) in [4.78, 5) is 0. The highest BCUT2D eigenvalue weighted by molar-refractivity contribution is 4.82. The number of ether oxygens (including phenoxy) is 4. The third-order valence-corrected chi connectivity index (χ3v) is 4.34. The van der Waals surface area contributed by atoms with Gasteiger partial charge in [0.2, 0.25) is 0 Å². The molecule has 0 aromatic rings. The summed E-state index contributed by atoms with van der Waals surface area (Å²) in [6, 6.07) is 0. The Bertz CT molecular complexity index is 363. The molecule has 0 amide bonds. The molecule has 2 aliphatic rings. The molecule has 2 saturated heterocycles. The van der Waals surface area contributed by atoms with Crippen LogP contribution in [0.4, 0.5) is 0 Å². The zero-order valence-electron chi connectivity index (χ0n) is 14.0. The molecule has 0 bridgehead atoms. The molecule has 2 fully saturated rings. The van der Waals surface area contributed by atoms with E-state index >= 15 is 0 Å². The molecule has 2 rings (SSSR count). The van der Waals surface area contributed by atoms with Crippen LogP contribution in [0.15, 0.2) is 0 Å². The summed E-state index contributed by atoms with van der Waals surface area (Å²) in [5.41, 5.74) is 0. The largest absolute Gasteiger partial charge is 0.394 e. The van der Waals surface area contributed by atoms with Crippen LogP contribution in [0.1, 0.15) is 26.2 Å². The number of aliphatic hydroxyl groups is 6. The van der Waals surface area contributed by atoms with Crippen molar-refractivity contribution in [1.82, 2.24) is 0 Å². The van der Waals surface area contributed by atoms with Crippen molar-refractivity contribution in [3.05, 3.63) is 0 Å². The molecule has 0 aliphatic carbocycles.